The fourth-order valence-corrected chi connectivity index (χ4v) is 8.57. The van der Waals surface area contributed by atoms with E-state index in [0.29, 0.717) is 23.2 Å². The minimum atomic E-state index is -0.111. The highest BCUT2D eigenvalue weighted by Crippen LogP contribution is 2.49. The Kier molecular flexibility index (Phi) is 6.86. The maximum absolute atomic E-state index is 7.49. The Hall–Kier alpha value is -7.49. The van der Waals surface area contributed by atoms with Crippen molar-refractivity contribution in [1.29, 1.82) is 0 Å². The summed E-state index contributed by atoms with van der Waals surface area (Å²) in [6, 6.07) is 51.6. The molecule has 0 atom stereocenters. The molecule has 6 nitrogen and oxygen atoms in total. The SMILES string of the molecule is [C-]#[N+]c1ccc(-c2nc(-c3ccc4c(c3)-c3ccccc3C4(C)C)nc(-c3ccc4c(c3)nc(-c3ccccc3)c3ccc5oc6ccccc6c5c34)n2)cc1. The zero-order valence-corrected chi connectivity index (χ0v) is 30.6. The Morgan fingerprint density at radius 1 is 0.482 bits per heavy atom. The summed E-state index contributed by atoms with van der Waals surface area (Å²) >= 11 is 0. The van der Waals surface area contributed by atoms with E-state index in [4.69, 9.17) is 30.9 Å². The predicted octanol–water partition coefficient (Wildman–Crippen LogP) is 13.0. The molecule has 0 spiro atoms. The van der Waals surface area contributed by atoms with Gasteiger partial charge in [0, 0.05) is 54.6 Å². The lowest BCUT2D eigenvalue weighted by Crippen LogP contribution is -2.14. The fourth-order valence-electron chi connectivity index (χ4n) is 8.57. The summed E-state index contributed by atoms with van der Waals surface area (Å²) in [4.78, 5) is 24.3. The van der Waals surface area contributed by atoms with E-state index in [1.807, 2.05) is 42.5 Å². The molecule has 0 saturated heterocycles. The highest BCUT2D eigenvalue weighted by atomic mass is 16.3. The molecule has 0 N–H and O–H groups in total. The van der Waals surface area contributed by atoms with Gasteiger partial charge < -0.3 is 4.42 Å². The molecular weight excluding hydrogens is 687 g/mol. The summed E-state index contributed by atoms with van der Waals surface area (Å²) in [5.74, 6) is 1.65. The van der Waals surface area contributed by atoms with Gasteiger partial charge in [-0.15, -0.1) is 0 Å². The summed E-state index contributed by atoms with van der Waals surface area (Å²) in [5, 5.41) is 5.32. The number of aromatic nitrogens is 4. The fraction of sp³-hybridized carbons (Fsp3) is 0.0600. The van der Waals surface area contributed by atoms with Crippen molar-refractivity contribution in [3.05, 3.63) is 174 Å². The molecule has 0 unspecified atom stereocenters. The highest BCUT2D eigenvalue weighted by Gasteiger charge is 2.35. The molecule has 7 aromatic carbocycles. The summed E-state index contributed by atoms with van der Waals surface area (Å²) in [6.45, 7) is 12.0. The van der Waals surface area contributed by atoms with Gasteiger partial charge in [-0.1, -0.05) is 135 Å². The van der Waals surface area contributed by atoms with Gasteiger partial charge in [-0.25, -0.2) is 24.8 Å². The summed E-state index contributed by atoms with van der Waals surface area (Å²) in [6.07, 6.45) is 0. The number of hydrogen-bond donors (Lipinski definition) is 0. The van der Waals surface area contributed by atoms with E-state index in [2.05, 4.69) is 116 Å². The van der Waals surface area contributed by atoms with Gasteiger partial charge in [0.25, 0.3) is 0 Å². The first-order chi connectivity index (χ1) is 27.4. The van der Waals surface area contributed by atoms with Crippen molar-refractivity contribution in [2.45, 2.75) is 19.3 Å². The Bertz CT molecular complexity index is 3280. The molecule has 0 fully saturated rings. The summed E-state index contributed by atoms with van der Waals surface area (Å²) in [5.41, 5.74) is 12.5. The molecule has 1 aliphatic carbocycles. The summed E-state index contributed by atoms with van der Waals surface area (Å²) in [7, 11) is 0. The van der Waals surface area contributed by atoms with Crippen molar-refractivity contribution in [2.75, 3.05) is 0 Å². The minimum Gasteiger partial charge on any atom is -0.456 e. The van der Waals surface area contributed by atoms with Gasteiger partial charge in [0.2, 0.25) is 0 Å². The van der Waals surface area contributed by atoms with Crippen LogP contribution in [0.25, 0.3) is 105 Å². The molecule has 3 aromatic heterocycles. The second-order valence-corrected chi connectivity index (χ2v) is 14.9. The summed E-state index contributed by atoms with van der Waals surface area (Å²) < 4.78 is 6.37. The zero-order chi connectivity index (χ0) is 37.5. The van der Waals surface area contributed by atoms with Gasteiger partial charge in [0.1, 0.15) is 11.2 Å². The first-order valence-electron chi connectivity index (χ1n) is 18.7. The molecule has 10 aromatic rings. The van der Waals surface area contributed by atoms with E-state index in [-0.39, 0.29) is 5.41 Å². The first-order valence-corrected chi connectivity index (χ1v) is 18.7. The maximum Gasteiger partial charge on any atom is 0.187 e. The van der Waals surface area contributed by atoms with E-state index in [1.165, 1.54) is 22.3 Å². The number of nitrogens with zero attached hydrogens (tertiary/aromatic N) is 5. The van der Waals surface area contributed by atoms with Crippen molar-refractivity contribution >= 4 is 49.3 Å². The van der Waals surface area contributed by atoms with Gasteiger partial charge in [-0.2, -0.15) is 0 Å². The average molecular weight is 718 g/mol. The Morgan fingerprint density at radius 3 is 1.93 bits per heavy atom. The van der Waals surface area contributed by atoms with Crippen molar-refractivity contribution < 1.29 is 4.42 Å². The zero-order valence-electron chi connectivity index (χ0n) is 30.6. The third-order valence-electron chi connectivity index (χ3n) is 11.3. The molecule has 0 radical (unpaired) electrons. The average Bonchev–Trinajstić information content (AvgIpc) is 3.75. The molecule has 262 valence electrons. The Labute approximate surface area is 322 Å². The molecule has 1 aliphatic rings. The number of pyridine rings is 1. The molecule has 0 aliphatic heterocycles. The van der Waals surface area contributed by atoms with Crippen LogP contribution in [0, 0.1) is 6.57 Å². The van der Waals surface area contributed by atoms with Crippen LogP contribution in [-0.2, 0) is 5.41 Å². The predicted molar refractivity (Wildman–Crippen MR) is 225 cm³/mol. The van der Waals surface area contributed by atoms with Crippen LogP contribution in [0.3, 0.4) is 0 Å². The van der Waals surface area contributed by atoms with Crippen molar-refractivity contribution in [3.63, 3.8) is 0 Å². The third-order valence-corrected chi connectivity index (χ3v) is 11.3. The number of benzene rings is 7. The smallest absolute Gasteiger partial charge is 0.187 e. The van der Waals surface area contributed by atoms with E-state index in [9.17, 15) is 0 Å². The third kappa shape index (κ3) is 4.81. The van der Waals surface area contributed by atoms with Crippen molar-refractivity contribution in [1.82, 2.24) is 19.9 Å². The number of furan rings is 1. The lowest BCUT2D eigenvalue weighted by Gasteiger charge is -2.21. The highest BCUT2D eigenvalue weighted by molar-refractivity contribution is 6.28. The monoisotopic (exact) mass is 717 g/mol. The van der Waals surface area contributed by atoms with Gasteiger partial charge in [-0.3, -0.25) is 0 Å². The van der Waals surface area contributed by atoms with Crippen LogP contribution in [0.1, 0.15) is 25.0 Å². The van der Waals surface area contributed by atoms with E-state index < -0.39 is 0 Å². The van der Waals surface area contributed by atoms with Crippen LogP contribution in [0.2, 0.25) is 0 Å². The number of rotatable bonds is 4. The molecule has 6 heteroatoms. The molecule has 11 rings (SSSR count). The lowest BCUT2D eigenvalue weighted by molar-refractivity contribution is 0.660. The van der Waals surface area contributed by atoms with Crippen molar-refractivity contribution in [3.8, 4) is 56.5 Å². The largest absolute Gasteiger partial charge is 0.456 e. The quantitative estimate of drug-likeness (QED) is 0.134. The van der Waals surface area contributed by atoms with E-state index in [0.717, 1.165) is 71.6 Å². The molecule has 0 amide bonds. The Balaban J connectivity index is 1.15. The standard InChI is InChI=1S/C50H31N5O/c1-50(2)39-15-9-7-13-34(39)38-27-31(20-25-40(38)50)48-53-47(30-17-21-33(51-3)22-18-30)54-49(55-48)32-19-23-35-41(28-32)52-46(29-11-5-4-6-12-29)37-24-26-43-45(44(35)37)36-14-8-10-16-42(36)56-43/h4-28H,1-2H3. The topological polar surface area (TPSA) is 69.1 Å². The van der Waals surface area contributed by atoms with Crippen LogP contribution in [-0.4, -0.2) is 19.9 Å². The molecule has 0 bridgehead atoms. The van der Waals surface area contributed by atoms with Crippen LogP contribution >= 0.6 is 0 Å². The molecule has 3 heterocycles. The van der Waals surface area contributed by atoms with Crippen LogP contribution in [0.4, 0.5) is 5.69 Å². The number of fused-ring (bicyclic) bond motifs is 10. The normalized spacial score (nSPS) is 12.9. The Morgan fingerprint density at radius 2 is 1.12 bits per heavy atom. The maximum atomic E-state index is 7.49. The van der Waals surface area contributed by atoms with E-state index in [1.54, 1.807) is 12.1 Å². The second-order valence-electron chi connectivity index (χ2n) is 14.9. The minimum absolute atomic E-state index is 0.111. The molecule has 0 saturated carbocycles. The van der Waals surface area contributed by atoms with Crippen LogP contribution < -0.4 is 0 Å². The second kappa shape index (κ2) is 12.0. The van der Waals surface area contributed by atoms with E-state index >= 15 is 0 Å². The van der Waals surface area contributed by atoms with Gasteiger partial charge in [0.15, 0.2) is 23.2 Å². The molecule has 56 heavy (non-hydrogen) atoms. The van der Waals surface area contributed by atoms with Gasteiger partial charge >= 0.3 is 0 Å². The number of hydrogen-bond acceptors (Lipinski definition) is 5. The molecular formula is C50H31N5O. The van der Waals surface area contributed by atoms with Crippen LogP contribution in [0.15, 0.2) is 156 Å². The van der Waals surface area contributed by atoms with Gasteiger partial charge in [-0.05, 0) is 52.6 Å². The number of para-hydroxylation sites is 1. The van der Waals surface area contributed by atoms with Crippen LogP contribution in [0.5, 0.6) is 0 Å². The first kappa shape index (κ1) is 32.0. The lowest BCUT2D eigenvalue weighted by atomic mass is 9.82. The van der Waals surface area contributed by atoms with Crippen molar-refractivity contribution in [2.24, 2.45) is 0 Å². The van der Waals surface area contributed by atoms with Gasteiger partial charge in [0.05, 0.1) is 17.8 Å².